The topological polar surface area (TPSA) is 121 Å². The lowest BCUT2D eigenvalue weighted by molar-refractivity contribution is -0.678. The fourth-order valence-electron chi connectivity index (χ4n) is 6.75. The SMILES string of the molecule is O=S(O)C1CCC[N+]12C(=Cc1oc3ccc(-c4ccccc4)cc3[n+]1CCCCS(=O)(=O)[O-])Oc1ccc(-c3ccccc3)cc12. The van der Waals surface area contributed by atoms with E-state index in [2.05, 4.69) is 6.07 Å². The maximum atomic E-state index is 12.9. The molecule has 4 aromatic carbocycles. The second kappa shape index (κ2) is 12.2. The molecule has 1 aromatic heterocycles. The van der Waals surface area contributed by atoms with Gasteiger partial charge in [-0.25, -0.2) is 17.1 Å². The lowest BCUT2D eigenvalue weighted by atomic mass is 10.0. The summed E-state index contributed by atoms with van der Waals surface area (Å²) in [5, 5.41) is -0.636. The number of oxazole rings is 1. The molecule has 3 atom stereocenters. The van der Waals surface area contributed by atoms with Crippen molar-refractivity contribution in [2.45, 2.75) is 37.6 Å². The van der Waals surface area contributed by atoms with Crippen molar-refractivity contribution in [3.05, 3.63) is 109 Å². The summed E-state index contributed by atoms with van der Waals surface area (Å²) in [6.07, 6.45) is 3.72. The molecule has 0 saturated carbocycles. The van der Waals surface area contributed by atoms with Gasteiger partial charge in [-0.1, -0.05) is 72.8 Å². The van der Waals surface area contributed by atoms with Gasteiger partial charge < -0.3 is 18.3 Å². The second-order valence-electron chi connectivity index (χ2n) is 11.7. The maximum Gasteiger partial charge on any atom is 0.383 e. The van der Waals surface area contributed by atoms with Crippen LogP contribution in [0.5, 0.6) is 5.75 Å². The van der Waals surface area contributed by atoms with E-state index in [1.165, 1.54) is 0 Å². The van der Waals surface area contributed by atoms with Gasteiger partial charge in [-0.2, -0.15) is 4.57 Å². The van der Waals surface area contributed by atoms with Crippen molar-refractivity contribution in [2.75, 3.05) is 12.3 Å². The fourth-order valence-corrected chi connectivity index (χ4v) is 8.31. The van der Waals surface area contributed by atoms with Crippen LogP contribution in [0.15, 0.2) is 107 Å². The highest BCUT2D eigenvalue weighted by atomic mass is 32.2. The van der Waals surface area contributed by atoms with Crippen LogP contribution in [-0.2, 0) is 27.7 Å². The Balaban J connectivity index is 1.36. The van der Waals surface area contributed by atoms with Gasteiger partial charge >= 0.3 is 11.8 Å². The van der Waals surface area contributed by atoms with Gasteiger partial charge in [0.25, 0.3) is 5.52 Å². The largest absolute Gasteiger partial charge is 0.748 e. The van der Waals surface area contributed by atoms with Crippen LogP contribution in [0.1, 0.15) is 31.6 Å². The standard InChI is InChI=1S/C35H32N2O7S2/c38-45(39)35-14-9-20-37(35)30-23-28(26-12-5-2-6-13-26)16-18-32(30)44-34(37)24-33-36(19-7-8-21-46(40,41)42)29-22-27(15-17-31(29)43-33)25-10-3-1-4-11-25/h1-6,10-13,15-18,22-24,35H,7-9,14,19-21H2/p+1. The third kappa shape index (κ3) is 5.69. The summed E-state index contributed by atoms with van der Waals surface area (Å²) in [6, 6.07) is 31.8. The molecule has 236 valence electrons. The highest BCUT2D eigenvalue weighted by Gasteiger charge is 2.57. The molecule has 1 spiro atoms. The molecule has 1 N–H and O–H groups in total. The predicted molar refractivity (Wildman–Crippen MR) is 177 cm³/mol. The van der Waals surface area contributed by atoms with E-state index in [0.29, 0.717) is 49.0 Å². The van der Waals surface area contributed by atoms with Crippen LogP contribution in [0.4, 0.5) is 5.69 Å². The highest BCUT2D eigenvalue weighted by molar-refractivity contribution is 7.85. The minimum atomic E-state index is -4.33. The Labute approximate surface area is 270 Å². The molecule has 0 amide bonds. The van der Waals surface area contributed by atoms with Crippen molar-refractivity contribution in [3.63, 3.8) is 0 Å². The summed E-state index contributed by atoms with van der Waals surface area (Å²) < 4.78 is 72.3. The summed E-state index contributed by atoms with van der Waals surface area (Å²) in [7, 11) is -4.33. The molecular weight excluding hydrogens is 625 g/mol. The van der Waals surface area contributed by atoms with Crippen LogP contribution in [0.3, 0.4) is 0 Å². The Morgan fingerprint density at radius 3 is 2.26 bits per heavy atom. The average molecular weight is 658 g/mol. The van der Waals surface area contributed by atoms with E-state index >= 15 is 0 Å². The first-order valence-corrected chi connectivity index (χ1v) is 18.0. The maximum absolute atomic E-state index is 12.9. The number of benzene rings is 4. The number of fused-ring (bicyclic) bond motifs is 3. The second-order valence-corrected chi connectivity index (χ2v) is 14.3. The molecule has 3 heterocycles. The first-order valence-electron chi connectivity index (χ1n) is 15.3. The Kier molecular flexibility index (Phi) is 8.12. The van der Waals surface area contributed by atoms with Gasteiger partial charge in [-0.3, -0.25) is 0 Å². The van der Waals surface area contributed by atoms with Gasteiger partial charge in [0.1, 0.15) is 0 Å². The molecule has 2 aliphatic rings. The molecule has 0 aliphatic carbocycles. The fraction of sp³-hybridized carbons (Fsp3) is 0.229. The van der Waals surface area contributed by atoms with E-state index in [9.17, 15) is 21.7 Å². The number of hydrogen-bond donors (Lipinski definition) is 1. The quantitative estimate of drug-likeness (QED) is 0.0639. The van der Waals surface area contributed by atoms with Gasteiger partial charge in [0, 0.05) is 37.1 Å². The Morgan fingerprint density at radius 1 is 0.913 bits per heavy atom. The Morgan fingerprint density at radius 2 is 1.59 bits per heavy atom. The smallest absolute Gasteiger partial charge is 0.383 e. The first kappa shape index (κ1) is 30.5. The number of quaternary nitrogens is 1. The summed E-state index contributed by atoms with van der Waals surface area (Å²) >= 11 is -2.14. The summed E-state index contributed by atoms with van der Waals surface area (Å²) in [6.45, 7) is 0.966. The summed E-state index contributed by atoms with van der Waals surface area (Å²) in [5.74, 6) is 1.13. The third-order valence-electron chi connectivity index (χ3n) is 8.90. The number of aryl methyl sites for hydroxylation is 1. The Bertz CT molecular complexity index is 2080. The van der Waals surface area contributed by atoms with Gasteiger partial charge in [0.05, 0.1) is 16.7 Å². The monoisotopic (exact) mass is 657 g/mol. The third-order valence-corrected chi connectivity index (χ3v) is 10.8. The number of hydrogen-bond acceptors (Lipinski definition) is 6. The molecule has 1 saturated heterocycles. The normalized spacial score (nSPS) is 20.7. The van der Waals surface area contributed by atoms with E-state index < -0.39 is 32.3 Å². The van der Waals surface area contributed by atoms with Gasteiger partial charge in [-0.05, 0) is 40.8 Å². The number of ether oxygens (including phenoxy) is 1. The molecule has 0 bridgehead atoms. The van der Waals surface area contributed by atoms with Gasteiger partial charge in [-0.15, -0.1) is 0 Å². The van der Waals surface area contributed by atoms with Crippen molar-refractivity contribution >= 4 is 44.1 Å². The number of unbranched alkanes of at least 4 members (excludes halogenated alkanes) is 1. The zero-order valence-corrected chi connectivity index (χ0v) is 26.6. The van der Waals surface area contributed by atoms with Crippen molar-refractivity contribution in [3.8, 4) is 28.0 Å². The van der Waals surface area contributed by atoms with Crippen LogP contribution in [0.25, 0.3) is 39.4 Å². The number of aromatic nitrogens is 1. The van der Waals surface area contributed by atoms with E-state index in [-0.39, 0.29) is 10.9 Å². The molecule has 3 unspecified atom stereocenters. The zero-order valence-electron chi connectivity index (χ0n) is 24.9. The molecule has 5 aromatic rings. The van der Waals surface area contributed by atoms with E-state index in [0.717, 1.165) is 39.9 Å². The van der Waals surface area contributed by atoms with Crippen LogP contribution in [-0.4, -0.2) is 39.4 Å². The summed E-state index contributed by atoms with van der Waals surface area (Å²) in [4.78, 5) is 0. The molecule has 0 radical (unpaired) electrons. The van der Waals surface area contributed by atoms with E-state index in [1.54, 1.807) is 6.08 Å². The van der Waals surface area contributed by atoms with Crippen LogP contribution >= 0.6 is 0 Å². The molecule has 2 aliphatic heterocycles. The lowest BCUT2D eigenvalue weighted by Gasteiger charge is -2.31. The van der Waals surface area contributed by atoms with Crippen molar-refractivity contribution in [1.29, 1.82) is 0 Å². The minimum Gasteiger partial charge on any atom is -0.748 e. The van der Waals surface area contributed by atoms with E-state index in [4.69, 9.17) is 9.15 Å². The zero-order chi connectivity index (χ0) is 31.9. The lowest BCUT2D eigenvalue weighted by Crippen LogP contribution is -2.52. The molecule has 46 heavy (non-hydrogen) atoms. The van der Waals surface area contributed by atoms with Crippen LogP contribution < -0.4 is 13.8 Å². The number of nitrogens with zero attached hydrogens (tertiary/aromatic N) is 2. The van der Waals surface area contributed by atoms with Gasteiger partial charge in [0.2, 0.25) is 22.0 Å². The highest BCUT2D eigenvalue weighted by Crippen LogP contribution is 2.52. The van der Waals surface area contributed by atoms with Gasteiger partial charge in [0.15, 0.2) is 24.1 Å². The first-order chi connectivity index (χ1) is 22.2. The van der Waals surface area contributed by atoms with E-state index in [1.807, 2.05) is 95.6 Å². The van der Waals surface area contributed by atoms with Crippen molar-refractivity contribution in [1.82, 2.24) is 4.48 Å². The van der Waals surface area contributed by atoms with Crippen LogP contribution in [0, 0.1) is 0 Å². The molecule has 11 heteroatoms. The average Bonchev–Trinajstić information content (AvgIpc) is 3.74. The molecule has 1 fully saturated rings. The van der Waals surface area contributed by atoms with Crippen molar-refractivity contribution < 1.29 is 35.5 Å². The number of rotatable bonds is 9. The molecule has 7 rings (SSSR count). The molecule has 9 nitrogen and oxygen atoms in total. The molecular formula is C35H33N2O7S2+. The van der Waals surface area contributed by atoms with Crippen LogP contribution in [0.2, 0.25) is 0 Å². The Hall–Kier alpha value is -4.13. The minimum absolute atomic E-state index is 0.0832. The van der Waals surface area contributed by atoms with Crippen molar-refractivity contribution in [2.24, 2.45) is 0 Å². The summed E-state index contributed by atoms with van der Waals surface area (Å²) in [5.41, 5.74) is 6.29. The predicted octanol–water partition coefficient (Wildman–Crippen LogP) is 6.42.